The first-order valence-electron chi connectivity index (χ1n) is 8.27. The average Bonchev–Trinajstić information content (AvgIpc) is 2.68. The van der Waals surface area contributed by atoms with E-state index in [2.05, 4.69) is 38.9 Å². The molecule has 3 aliphatic rings. The smallest absolute Gasteiger partial charge is 0.225 e. The van der Waals surface area contributed by atoms with Crippen LogP contribution in [-0.4, -0.2) is 59.2 Å². The third-order valence-corrected chi connectivity index (χ3v) is 5.38. The van der Waals surface area contributed by atoms with Crippen molar-refractivity contribution in [2.24, 2.45) is 0 Å². The van der Waals surface area contributed by atoms with Crippen LogP contribution >= 0.6 is 0 Å². The normalized spacial score (nSPS) is 30.0. The fourth-order valence-electron chi connectivity index (χ4n) is 3.88. The van der Waals surface area contributed by atoms with E-state index >= 15 is 0 Å². The Bertz CT molecular complexity index is 482. The Labute approximate surface area is 126 Å². The molecule has 5 nitrogen and oxygen atoms in total. The van der Waals surface area contributed by atoms with Gasteiger partial charge in [-0.25, -0.2) is 9.97 Å². The van der Waals surface area contributed by atoms with Gasteiger partial charge in [0.15, 0.2) is 0 Å². The average molecular weight is 287 g/mol. The van der Waals surface area contributed by atoms with E-state index < -0.39 is 0 Å². The Morgan fingerprint density at radius 2 is 1.71 bits per heavy atom. The van der Waals surface area contributed by atoms with Crippen molar-refractivity contribution < 1.29 is 0 Å². The number of likely N-dealkylation sites (tertiary alicyclic amines) is 1. The summed E-state index contributed by atoms with van der Waals surface area (Å²) in [6.07, 6.45) is 6.65. The summed E-state index contributed by atoms with van der Waals surface area (Å²) in [5.74, 6) is 1.57. The van der Waals surface area contributed by atoms with Gasteiger partial charge in [0.2, 0.25) is 5.95 Å². The maximum atomic E-state index is 4.68. The maximum absolute atomic E-state index is 4.68. The van der Waals surface area contributed by atoms with E-state index in [1.165, 1.54) is 18.4 Å². The Hall–Kier alpha value is -1.20. The SMILES string of the molecule is CC(C)N1CC2CCC(C1)N2c1ncc(C2CNC2)cn1. The number of aromatic nitrogens is 2. The molecular weight excluding hydrogens is 262 g/mol. The summed E-state index contributed by atoms with van der Waals surface area (Å²) >= 11 is 0. The highest BCUT2D eigenvalue weighted by atomic mass is 15.4. The number of hydrogen-bond acceptors (Lipinski definition) is 5. The van der Waals surface area contributed by atoms with E-state index in [-0.39, 0.29) is 0 Å². The molecule has 0 aliphatic carbocycles. The van der Waals surface area contributed by atoms with Crippen molar-refractivity contribution in [3.05, 3.63) is 18.0 Å². The molecule has 5 heteroatoms. The van der Waals surface area contributed by atoms with Crippen LogP contribution in [0.15, 0.2) is 12.4 Å². The van der Waals surface area contributed by atoms with Crippen molar-refractivity contribution in [3.8, 4) is 0 Å². The van der Waals surface area contributed by atoms with Gasteiger partial charge in [0.1, 0.15) is 0 Å². The fourth-order valence-corrected chi connectivity index (χ4v) is 3.88. The molecule has 2 unspecified atom stereocenters. The van der Waals surface area contributed by atoms with Gasteiger partial charge in [0, 0.05) is 62.6 Å². The van der Waals surface area contributed by atoms with Crippen LogP contribution in [0.5, 0.6) is 0 Å². The quantitative estimate of drug-likeness (QED) is 0.906. The molecule has 2 atom stereocenters. The van der Waals surface area contributed by atoms with E-state index in [1.807, 2.05) is 12.4 Å². The molecule has 0 spiro atoms. The molecule has 4 heterocycles. The lowest BCUT2D eigenvalue weighted by molar-refractivity contribution is 0.176. The van der Waals surface area contributed by atoms with Crippen molar-refractivity contribution >= 4 is 5.95 Å². The van der Waals surface area contributed by atoms with Crippen LogP contribution in [0.4, 0.5) is 5.95 Å². The lowest BCUT2D eigenvalue weighted by Crippen LogP contribution is -2.56. The van der Waals surface area contributed by atoms with Crippen LogP contribution in [0.3, 0.4) is 0 Å². The molecule has 4 rings (SSSR count). The van der Waals surface area contributed by atoms with Gasteiger partial charge in [0.05, 0.1) is 0 Å². The van der Waals surface area contributed by atoms with Crippen LogP contribution in [0.1, 0.15) is 38.2 Å². The highest BCUT2D eigenvalue weighted by Gasteiger charge is 2.41. The Balaban J connectivity index is 1.51. The van der Waals surface area contributed by atoms with Crippen molar-refractivity contribution in [3.63, 3.8) is 0 Å². The summed E-state index contributed by atoms with van der Waals surface area (Å²) in [5, 5.41) is 3.31. The standard InChI is InChI=1S/C16H25N5/c1-11(2)20-9-14-3-4-15(10-20)21(14)16-18-7-13(8-19-16)12-5-17-6-12/h7-8,11-12,14-15,17H,3-6,9-10H2,1-2H3. The van der Waals surface area contributed by atoms with Gasteiger partial charge in [-0.05, 0) is 32.3 Å². The molecule has 1 aromatic rings. The molecule has 114 valence electrons. The summed E-state index contributed by atoms with van der Waals surface area (Å²) in [7, 11) is 0. The lowest BCUT2D eigenvalue weighted by Gasteiger charge is -2.42. The maximum Gasteiger partial charge on any atom is 0.225 e. The molecule has 1 N–H and O–H groups in total. The molecule has 2 bridgehead atoms. The van der Waals surface area contributed by atoms with Crippen molar-refractivity contribution in [1.82, 2.24) is 20.2 Å². The molecular formula is C16H25N5. The minimum Gasteiger partial charge on any atom is -0.332 e. The zero-order valence-electron chi connectivity index (χ0n) is 13.0. The van der Waals surface area contributed by atoms with Gasteiger partial charge in [0.25, 0.3) is 0 Å². The van der Waals surface area contributed by atoms with E-state index in [1.54, 1.807) is 0 Å². The van der Waals surface area contributed by atoms with E-state index in [9.17, 15) is 0 Å². The zero-order valence-corrected chi connectivity index (χ0v) is 13.0. The molecule has 0 radical (unpaired) electrons. The number of nitrogens with one attached hydrogen (secondary N) is 1. The third kappa shape index (κ3) is 2.32. The molecule has 0 amide bonds. The largest absolute Gasteiger partial charge is 0.332 e. The number of rotatable bonds is 3. The lowest BCUT2D eigenvalue weighted by atomic mass is 9.97. The van der Waals surface area contributed by atoms with Gasteiger partial charge in [-0.15, -0.1) is 0 Å². The molecule has 0 saturated carbocycles. The Kier molecular flexibility index (Phi) is 3.34. The first kappa shape index (κ1) is 13.5. The first-order valence-corrected chi connectivity index (χ1v) is 8.27. The highest BCUT2D eigenvalue weighted by molar-refractivity contribution is 5.38. The topological polar surface area (TPSA) is 44.3 Å². The first-order chi connectivity index (χ1) is 10.2. The molecule has 3 aliphatic heterocycles. The Morgan fingerprint density at radius 3 is 2.19 bits per heavy atom. The molecule has 3 fully saturated rings. The molecule has 0 aromatic carbocycles. The van der Waals surface area contributed by atoms with Crippen LogP contribution in [-0.2, 0) is 0 Å². The number of nitrogens with zero attached hydrogens (tertiary/aromatic N) is 4. The van der Waals surface area contributed by atoms with E-state index in [0.29, 0.717) is 24.0 Å². The summed E-state index contributed by atoms with van der Waals surface area (Å²) in [4.78, 5) is 14.5. The predicted octanol–water partition coefficient (Wildman–Crippen LogP) is 1.22. The van der Waals surface area contributed by atoms with Gasteiger partial charge in [-0.3, -0.25) is 4.90 Å². The van der Waals surface area contributed by atoms with E-state index in [0.717, 1.165) is 32.1 Å². The number of piperazine rings is 1. The van der Waals surface area contributed by atoms with E-state index in [4.69, 9.17) is 0 Å². The molecule has 3 saturated heterocycles. The second kappa shape index (κ2) is 5.21. The van der Waals surface area contributed by atoms with Crippen molar-refractivity contribution in [1.29, 1.82) is 0 Å². The van der Waals surface area contributed by atoms with Crippen LogP contribution in [0.25, 0.3) is 0 Å². The number of hydrogen-bond donors (Lipinski definition) is 1. The third-order valence-electron chi connectivity index (χ3n) is 5.38. The number of anilines is 1. The second-order valence-corrected chi connectivity index (χ2v) is 7.01. The summed E-state index contributed by atoms with van der Waals surface area (Å²) in [6, 6.07) is 1.84. The van der Waals surface area contributed by atoms with Crippen LogP contribution in [0, 0.1) is 0 Å². The minimum absolute atomic E-state index is 0.599. The van der Waals surface area contributed by atoms with Gasteiger partial charge in [-0.2, -0.15) is 0 Å². The van der Waals surface area contributed by atoms with Crippen molar-refractivity contribution in [2.75, 3.05) is 31.1 Å². The summed E-state index contributed by atoms with van der Waals surface area (Å²) in [6.45, 7) is 9.06. The zero-order chi connectivity index (χ0) is 14.4. The van der Waals surface area contributed by atoms with Gasteiger partial charge >= 0.3 is 0 Å². The number of fused-ring (bicyclic) bond motifs is 2. The highest BCUT2D eigenvalue weighted by Crippen LogP contribution is 2.33. The molecule has 1 aromatic heterocycles. The second-order valence-electron chi connectivity index (χ2n) is 7.01. The summed E-state index contributed by atoms with van der Waals surface area (Å²) < 4.78 is 0. The summed E-state index contributed by atoms with van der Waals surface area (Å²) in [5.41, 5.74) is 1.28. The van der Waals surface area contributed by atoms with Crippen LogP contribution in [0.2, 0.25) is 0 Å². The van der Waals surface area contributed by atoms with Crippen LogP contribution < -0.4 is 10.2 Å². The minimum atomic E-state index is 0.599. The fraction of sp³-hybridized carbons (Fsp3) is 0.750. The van der Waals surface area contributed by atoms with Crippen molar-refractivity contribution in [2.45, 2.75) is 50.7 Å². The predicted molar refractivity (Wildman–Crippen MR) is 83.6 cm³/mol. The Morgan fingerprint density at radius 1 is 1.10 bits per heavy atom. The van der Waals surface area contributed by atoms with Gasteiger partial charge < -0.3 is 10.2 Å². The monoisotopic (exact) mass is 287 g/mol. The molecule has 21 heavy (non-hydrogen) atoms. The van der Waals surface area contributed by atoms with Gasteiger partial charge in [-0.1, -0.05) is 0 Å².